The van der Waals surface area contributed by atoms with E-state index in [0.717, 1.165) is 11.1 Å². The first-order valence-corrected chi connectivity index (χ1v) is 11.4. The zero-order chi connectivity index (χ0) is 23.1. The number of nitrogens with one attached hydrogen (secondary N) is 2. The van der Waals surface area contributed by atoms with Gasteiger partial charge in [0.1, 0.15) is 0 Å². The van der Waals surface area contributed by atoms with Crippen LogP contribution < -0.4 is 10.0 Å². The average Bonchev–Trinajstić information content (AvgIpc) is 2.78. The van der Waals surface area contributed by atoms with Crippen LogP contribution in [-0.2, 0) is 26.1 Å². The minimum atomic E-state index is -3.91. The third-order valence-electron chi connectivity index (χ3n) is 4.61. The Bertz CT molecular complexity index is 1210. The molecule has 0 aromatic heterocycles. The van der Waals surface area contributed by atoms with E-state index in [1.54, 1.807) is 18.2 Å². The Kier molecular flexibility index (Phi) is 7.27. The molecule has 8 heteroatoms. The molecule has 0 saturated carbocycles. The van der Waals surface area contributed by atoms with Gasteiger partial charge in [-0.3, -0.25) is 9.52 Å². The molecule has 0 aliphatic rings. The molecule has 7 nitrogen and oxygen atoms in total. The summed E-state index contributed by atoms with van der Waals surface area (Å²) in [4.78, 5) is 24.7. The molecule has 0 heterocycles. The van der Waals surface area contributed by atoms with E-state index in [1.807, 2.05) is 43.3 Å². The summed E-state index contributed by atoms with van der Waals surface area (Å²) >= 11 is 0. The number of hydrogen-bond donors (Lipinski definition) is 2. The fraction of sp³-hybridized carbons (Fsp3) is 0.167. The highest BCUT2D eigenvalue weighted by Gasteiger charge is 2.21. The van der Waals surface area contributed by atoms with Crippen LogP contribution in [0.1, 0.15) is 28.4 Å². The van der Waals surface area contributed by atoms with Gasteiger partial charge < -0.3 is 10.1 Å². The summed E-state index contributed by atoms with van der Waals surface area (Å²) in [6.07, 6.45) is -1.04. The van der Waals surface area contributed by atoms with Crippen LogP contribution in [0.4, 0.5) is 5.69 Å². The third-order valence-corrected chi connectivity index (χ3v) is 5.99. The third kappa shape index (κ3) is 6.18. The molecule has 3 rings (SSSR count). The fourth-order valence-corrected chi connectivity index (χ4v) is 4.02. The van der Waals surface area contributed by atoms with Crippen molar-refractivity contribution in [3.63, 3.8) is 0 Å². The molecule has 0 spiro atoms. The van der Waals surface area contributed by atoms with Crippen molar-refractivity contribution in [3.05, 3.63) is 95.6 Å². The number of ether oxygens (including phenoxy) is 1. The number of aryl methyl sites for hydroxylation is 1. The van der Waals surface area contributed by atoms with E-state index in [0.29, 0.717) is 12.2 Å². The number of rotatable bonds is 8. The summed E-state index contributed by atoms with van der Waals surface area (Å²) in [5.41, 5.74) is 2.27. The molecular weight excluding hydrogens is 428 g/mol. The van der Waals surface area contributed by atoms with E-state index in [2.05, 4.69) is 10.0 Å². The van der Waals surface area contributed by atoms with Gasteiger partial charge in [0.05, 0.1) is 10.5 Å². The Hall–Kier alpha value is -3.65. The summed E-state index contributed by atoms with van der Waals surface area (Å²) < 4.78 is 33.1. The number of amides is 1. The van der Waals surface area contributed by atoms with E-state index in [4.69, 9.17) is 4.74 Å². The predicted octanol–water partition coefficient (Wildman–Crippen LogP) is 3.66. The van der Waals surface area contributed by atoms with Crippen molar-refractivity contribution in [1.82, 2.24) is 5.32 Å². The van der Waals surface area contributed by atoms with E-state index >= 15 is 0 Å². The van der Waals surface area contributed by atoms with Crippen LogP contribution in [0.15, 0.2) is 83.8 Å². The van der Waals surface area contributed by atoms with Crippen molar-refractivity contribution in [3.8, 4) is 0 Å². The van der Waals surface area contributed by atoms with Crippen molar-refractivity contribution in [2.75, 3.05) is 4.72 Å². The molecule has 0 bridgehead atoms. The summed E-state index contributed by atoms with van der Waals surface area (Å²) in [5, 5.41) is 2.70. The summed E-state index contributed by atoms with van der Waals surface area (Å²) in [6, 6.07) is 21.7. The summed E-state index contributed by atoms with van der Waals surface area (Å²) in [6.45, 7) is 3.61. The first-order chi connectivity index (χ1) is 15.2. The molecule has 2 N–H and O–H groups in total. The monoisotopic (exact) mass is 452 g/mol. The van der Waals surface area contributed by atoms with Crippen LogP contribution >= 0.6 is 0 Å². The number of hydrogen-bond acceptors (Lipinski definition) is 5. The smallest absolute Gasteiger partial charge is 0.338 e. The molecule has 166 valence electrons. The summed E-state index contributed by atoms with van der Waals surface area (Å²) in [5.74, 6) is -1.24. The first-order valence-electron chi connectivity index (χ1n) is 9.97. The summed E-state index contributed by atoms with van der Waals surface area (Å²) in [7, 11) is -3.91. The zero-order valence-corrected chi connectivity index (χ0v) is 18.6. The van der Waals surface area contributed by atoms with Gasteiger partial charge in [0.15, 0.2) is 6.10 Å². The highest BCUT2D eigenvalue weighted by molar-refractivity contribution is 7.92. The Morgan fingerprint density at radius 1 is 0.938 bits per heavy atom. The van der Waals surface area contributed by atoms with Crippen molar-refractivity contribution < 1.29 is 22.7 Å². The maximum absolute atomic E-state index is 12.7. The van der Waals surface area contributed by atoms with Gasteiger partial charge >= 0.3 is 5.97 Å². The number of anilines is 1. The predicted molar refractivity (Wildman–Crippen MR) is 122 cm³/mol. The van der Waals surface area contributed by atoms with Gasteiger partial charge in [-0.2, -0.15) is 0 Å². The highest BCUT2D eigenvalue weighted by Crippen LogP contribution is 2.19. The molecular formula is C24H24N2O5S. The quantitative estimate of drug-likeness (QED) is 0.508. The topological polar surface area (TPSA) is 102 Å². The number of esters is 1. The van der Waals surface area contributed by atoms with Crippen LogP contribution in [0, 0.1) is 6.92 Å². The number of benzene rings is 3. The van der Waals surface area contributed by atoms with Gasteiger partial charge in [0, 0.05) is 12.2 Å². The minimum absolute atomic E-state index is 0.0276. The number of carbonyl (C=O) groups is 2. The molecule has 3 aromatic rings. The normalized spacial score (nSPS) is 11.9. The van der Waals surface area contributed by atoms with Gasteiger partial charge in [0.25, 0.3) is 15.9 Å². The number of sulfonamides is 1. The lowest BCUT2D eigenvalue weighted by Crippen LogP contribution is -2.35. The van der Waals surface area contributed by atoms with E-state index < -0.39 is 28.0 Å². The van der Waals surface area contributed by atoms with Gasteiger partial charge in [-0.05, 0) is 55.3 Å². The van der Waals surface area contributed by atoms with Crippen molar-refractivity contribution in [1.29, 1.82) is 0 Å². The van der Waals surface area contributed by atoms with Crippen LogP contribution in [0.5, 0.6) is 0 Å². The second kappa shape index (κ2) is 10.1. The molecule has 0 aliphatic heterocycles. The van der Waals surface area contributed by atoms with Crippen molar-refractivity contribution in [2.24, 2.45) is 0 Å². The van der Waals surface area contributed by atoms with E-state index in [-0.39, 0.29) is 10.5 Å². The average molecular weight is 453 g/mol. The van der Waals surface area contributed by atoms with Crippen LogP contribution in [0.3, 0.4) is 0 Å². The molecule has 0 saturated heterocycles. The molecule has 32 heavy (non-hydrogen) atoms. The van der Waals surface area contributed by atoms with Crippen LogP contribution in [0.25, 0.3) is 0 Å². The van der Waals surface area contributed by atoms with Crippen molar-refractivity contribution in [2.45, 2.75) is 31.4 Å². The second-order valence-corrected chi connectivity index (χ2v) is 8.94. The highest BCUT2D eigenvalue weighted by atomic mass is 32.2. The lowest BCUT2D eigenvalue weighted by Gasteiger charge is -2.14. The molecule has 0 aliphatic carbocycles. The second-order valence-electron chi connectivity index (χ2n) is 7.25. The number of carbonyl (C=O) groups excluding carboxylic acids is 2. The lowest BCUT2D eigenvalue weighted by atomic mass is 10.2. The molecule has 1 amide bonds. The van der Waals surface area contributed by atoms with Crippen molar-refractivity contribution >= 4 is 27.6 Å². The van der Waals surface area contributed by atoms with Crippen LogP contribution in [-0.4, -0.2) is 26.4 Å². The SMILES string of the molecule is Cc1cccc(NS(=O)(=O)c2cccc(C(=O)OC(C)C(=O)NCc3ccccc3)c2)c1. The molecule has 1 unspecified atom stereocenters. The van der Waals surface area contributed by atoms with E-state index in [1.165, 1.54) is 31.2 Å². The maximum atomic E-state index is 12.7. The minimum Gasteiger partial charge on any atom is -0.449 e. The van der Waals surface area contributed by atoms with Gasteiger partial charge in [-0.25, -0.2) is 13.2 Å². The van der Waals surface area contributed by atoms with Crippen LogP contribution in [0.2, 0.25) is 0 Å². The lowest BCUT2D eigenvalue weighted by molar-refractivity contribution is -0.129. The van der Waals surface area contributed by atoms with Gasteiger partial charge in [-0.1, -0.05) is 48.5 Å². The Balaban J connectivity index is 1.64. The zero-order valence-electron chi connectivity index (χ0n) is 17.7. The molecule has 0 radical (unpaired) electrons. The Labute approximate surface area is 187 Å². The Morgan fingerprint density at radius 3 is 2.38 bits per heavy atom. The van der Waals surface area contributed by atoms with E-state index in [9.17, 15) is 18.0 Å². The molecule has 1 atom stereocenters. The first kappa shape index (κ1) is 23.0. The molecule has 0 fully saturated rings. The standard InChI is InChI=1S/C24H24N2O5S/c1-17-8-6-12-21(14-17)26-32(29,30)22-13-7-11-20(15-22)24(28)31-18(2)23(27)25-16-19-9-4-3-5-10-19/h3-15,18,26H,16H2,1-2H3,(H,25,27). The fourth-order valence-electron chi connectivity index (χ4n) is 2.92. The van der Waals surface area contributed by atoms with Gasteiger partial charge in [0.2, 0.25) is 0 Å². The maximum Gasteiger partial charge on any atom is 0.338 e. The molecule has 3 aromatic carbocycles. The Morgan fingerprint density at radius 2 is 1.66 bits per heavy atom. The largest absolute Gasteiger partial charge is 0.449 e. The van der Waals surface area contributed by atoms with Gasteiger partial charge in [-0.15, -0.1) is 0 Å².